The summed E-state index contributed by atoms with van der Waals surface area (Å²) >= 11 is 0. The summed E-state index contributed by atoms with van der Waals surface area (Å²) in [4.78, 5) is 36.2. The minimum Gasteiger partial charge on any atom is -0.481 e. The van der Waals surface area contributed by atoms with Crippen LogP contribution in [0.25, 0.3) is 0 Å². The second-order valence-corrected chi connectivity index (χ2v) is 5.68. The fourth-order valence-corrected chi connectivity index (χ4v) is 2.45. The van der Waals surface area contributed by atoms with Crippen molar-refractivity contribution in [2.24, 2.45) is 17.1 Å². The van der Waals surface area contributed by atoms with Crippen molar-refractivity contribution in [3.63, 3.8) is 0 Å². The SMILES string of the molecule is CCC1(C(=O)O)CCN(C(=O)NC(C(N)=O)C(C)C)C1. The van der Waals surface area contributed by atoms with Gasteiger partial charge in [-0.2, -0.15) is 0 Å². The molecule has 0 aromatic carbocycles. The zero-order valence-corrected chi connectivity index (χ0v) is 12.2. The first kappa shape index (κ1) is 16.3. The molecule has 4 N–H and O–H groups in total. The molecule has 2 atom stereocenters. The maximum absolute atomic E-state index is 12.1. The van der Waals surface area contributed by atoms with E-state index < -0.39 is 29.4 Å². The van der Waals surface area contributed by atoms with E-state index in [4.69, 9.17) is 5.73 Å². The second-order valence-electron chi connectivity index (χ2n) is 5.68. The number of carbonyl (C=O) groups excluding carboxylic acids is 2. The molecule has 0 aliphatic carbocycles. The van der Waals surface area contributed by atoms with Crippen LogP contribution >= 0.6 is 0 Å². The molecular formula is C13H23N3O4. The number of rotatable bonds is 5. The first-order chi connectivity index (χ1) is 9.23. The number of primary amides is 1. The van der Waals surface area contributed by atoms with E-state index in [1.165, 1.54) is 4.90 Å². The molecule has 1 saturated heterocycles. The number of likely N-dealkylation sites (tertiary alicyclic amines) is 1. The van der Waals surface area contributed by atoms with E-state index in [0.29, 0.717) is 19.4 Å². The Morgan fingerprint density at radius 3 is 2.35 bits per heavy atom. The van der Waals surface area contributed by atoms with Gasteiger partial charge in [-0.15, -0.1) is 0 Å². The van der Waals surface area contributed by atoms with Gasteiger partial charge in [-0.25, -0.2) is 4.79 Å². The molecule has 0 aromatic heterocycles. The van der Waals surface area contributed by atoms with Gasteiger partial charge in [-0.1, -0.05) is 20.8 Å². The number of carbonyl (C=O) groups is 3. The molecule has 7 heteroatoms. The van der Waals surface area contributed by atoms with Crippen molar-refractivity contribution < 1.29 is 19.5 Å². The van der Waals surface area contributed by atoms with Crippen molar-refractivity contribution in [1.29, 1.82) is 0 Å². The van der Waals surface area contributed by atoms with Crippen molar-refractivity contribution in [3.8, 4) is 0 Å². The Balaban J connectivity index is 2.71. The van der Waals surface area contributed by atoms with Gasteiger partial charge in [0.25, 0.3) is 0 Å². The molecule has 1 fully saturated rings. The normalized spacial score (nSPS) is 23.7. The van der Waals surface area contributed by atoms with Crippen LogP contribution in [0.5, 0.6) is 0 Å². The molecule has 3 amide bonds. The molecule has 1 aliphatic heterocycles. The maximum atomic E-state index is 12.1. The predicted octanol–water partition coefficient (Wildman–Crippen LogP) is 0.393. The highest BCUT2D eigenvalue weighted by Crippen LogP contribution is 2.34. The molecule has 0 radical (unpaired) electrons. The third kappa shape index (κ3) is 3.20. The van der Waals surface area contributed by atoms with Crippen molar-refractivity contribution in [1.82, 2.24) is 10.2 Å². The van der Waals surface area contributed by atoms with E-state index in [2.05, 4.69) is 5.32 Å². The molecule has 2 unspecified atom stereocenters. The maximum Gasteiger partial charge on any atom is 0.318 e. The summed E-state index contributed by atoms with van der Waals surface area (Å²) in [6.07, 6.45) is 0.894. The number of hydrogen-bond donors (Lipinski definition) is 3. The lowest BCUT2D eigenvalue weighted by Crippen LogP contribution is -2.52. The minimum absolute atomic E-state index is 0.116. The number of aliphatic carboxylic acids is 1. The lowest BCUT2D eigenvalue weighted by Gasteiger charge is -2.25. The van der Waals surface area contributed by atoms with Crippen molar-refractivity contribution in [2.45, 2.75) is 39.7 Å². The van der Waals surface area contributed by atoms with Crippen LogP contribution in [-0.4, -0.2) is 47.0 Å². The molecule has 1 heterocycles. The third-order valence-electron chi connectivity index (χ3n) is 4.02. The zero-order valence-electron chi connectivity index (χ0n) is 12.2. The lowest BCUT2D eigenvalue weighted by atomic mass is 9.84. The quantitative estimate of drug-likeness (QED) is 0.678. The van der Waals surface area contributed by atoms with Crippen molar-refractivity contribution >= 4 is 17.9 Å². The monoisotopic (exact) mass is 285 g/mol. The van der Waals surface area contributed by atoms with E-state index in [-0.39, 0.29) is 12.5 Å². The van der Waals surface area contributed by atoms with Gasteiger partial charge in [-0.05, 0) is 18.8 Å². The Hall–Kier alpha value is -1.79. The summed E-state index contributed by atoms with van der Waals surface area (Å²) in [5.41, 5.74) is 4.37. The zero-order chi connectivity index (χ0) is 15.5. The molecule has 0 saturated carbocycles. The van der Waals surface area contributed by atoms with Crippen LogP contribution in [0, 0.1) is 11.3 Å². The molecule has 0 aromatic rings. The third-order valence-corrected chi connectivity index (χ3v) is 4.02. The smallest absolute Gasteiger partial charge is 0.318 e. The van der Waals surface area contributed by atoms with Crippen LogP contribution in [0.1, 0.15) is 33.6 Å². The molecule has 1 rings (SSSR count). The molecule has 0 spiro atoms. The Morgan fingerprint density at radius 2 is 2.00 bits per heavy atom. The highest BCUT2D eigenvalue weighted by molar-refractivity contribution is 5.86. The Kier molecular flexibility index (Phi) is 4.97. The largest absolute Gasteiger partial charge is 0.481 e. The average molecular weight is 285 g/mol. The van der Waals surface area contributed by atoms with Crippen LogP contribution < -0.4 is 11.1 Å². The van der Waals surface area contributed by atoms with Crippen LogP contribution in [0.15, 0.2) is 0 Å². The molecule has 1 aliphatic rings. The van der Waals surface area contributed by atoms with Crippen LogP contribution in [0.4, 0.5) is 4.79 Å². The number of nitrogens with zero attached hydrogens (tertiary/aromatic N) is 1. The first-order valence-corrected chi connectivity index (χ1v) is 6.81. The van der Waals surface area contributed by atoms with Crippen molar-refractivity contribution in [3.05, 3.63) is 0 Å². The fourth-order valence-electron chi connectivity index (χ4n) is 2.45. The van der Waals surface area contributed by atoms with Gasteiger partial charge in [0, 0.05) is 13.1 Å². The standard InChI is InChI=1S/C13H23N3O4/c1-4-13(11(18)19)5-6-16(7-13)12(20)15-9(8(2)3)10(14)17/h8-9H,4-7H2,1-3H3,(H2,14,17)(H,15,20)(H,18,19). The molecule has 20 heavy (non-hydrogen) atoms. The Labute approximate surface area is 118 Å². The molecule has 114 valence electrons. The summed E-state index contributed by atoms with van der Waals surface area (Å²) in [6, 6.07) is -1.18. The number of nitrogens with one attached hydrogen (secondary N) is 1. The summed E-state index contributed by atoms with van der Waals surface area (Å²) in [5.74, 6) is -1.59. The van der Waals surface area contributed by atoms with E-state index >= 15 is 0 Å². The second kappa shape index (κ2) is 6.11. The lowest BCUT2D eigenvalue weighted by molar-refractivity contribution is -0.148. The number of amides is 3. The van der Waals surface area contributed by atoms with Gasteiger partial charge < -0.3 is 21.1 Å². The fraction of sp³-hybridized carbons (Fsp3) is 0.769. The molecular weight excluding hydrogens is 262 g/mol. The molecule has 0 bridgehead atoms. The van der Waals surface area contributed by atoms with Gasteiger partial charge in [0.1, 0.15) is 6.04 Å². The van der Waals surface area contributed by atoms with Gasteiger partial charge in [0.05, 0.1) is 5.41 Å². The van der Waals surface area contributed by atoms with Crippen molar-refractivity contribution in [2.75, 3.05) is 13.1 Å². The topological polar surface area (TPSA) is 113 Å². The van der Waals surface area contributed by atoms with Crippen LogP contribution in [-0.2, 0) is 9.59 Å². The summed E-state index contributed by atoms with van der Waals surface area (Å²) in [7, 11) is 0. The van der Waals surface area contributed by atoms with E-state index in [9.17, 15) is 19.5 Å². The highest BCUT2D eigenvalue weighted by atomic mass is 16.4. The Morgan fingerprint density at radius 1 is 1.40 bits per heavy atom. The number of carboxylic acid groups (broad SMARTS) is 1. The van der Waals surface area contributed by atoms with Crippen LogP contribution in [0.2, 0.25) is 0 Å². The van der Waals surface area contributed by atoms with Crippen LogP contribution in [0.3, 0.4) is 0 Å². The summed E-state index contributed by atoms with van der Waals surface area (Å²) in [5, 5.41) is 11.9. The number of hydrogen-bond acceptors (Lipinski definition) is 3. The number of carboxylic acids is 1. The highest BCUT2D eigenvalue weighted by Gasteiger charge is 2.45. The average Bonchev–Trinajstić information content (AvgIpc) is 2.80. The first-order valence-electron chi connectivity index (χ1n) is 6.81. The van der Waals surface area contributed by atoms with Gasteiger partial charge in [-0.3, -0.25) is 9.59 Å². The molecule has 7 nitrogen and oxygen atoms in total. The van der Waals surface area contributed by atoms with Gasteiger partial charge in [0.2, 0.25) is 5.91 Å². The summed E-state index contributed by atoms with van der Waals surface area (Å²) < 4.78 is 0. The van der Waals surface area contributed by atoms with E-state index in [0.717, 1.165) is 0 Å². The number of nitrogens with two attached hydrogens (primary N) is 1. The van der Waals surface area contributed by atoms with Gasteiger partial charge in [0.15, 0.2) is 0 Å². The van der Waals surface area contributed by atoms with E-state index in [1.807, 2.05) is 0 Å². The van der Waals surface area contributed by atoms with Gasteiger partial charge >= 0.3 is 12.0 Å². The van der Waals surface area contributed by atoms with E-state index in [1.54, 1.807) is 20.8 Å². The summed E-state index contributed by atoms with van der Waals surface area (Å²) in [6.45, 7) is 5.90. The minimum atomic E-state index is -0.884. The predicted molar refractivity (Wildman–Crippen MR) is 72.9 cm³/mol. The number of urea groups is 1. The Bertz CT molecular complexity index is 410.